The van der Waals surface area contributed by atoms with E-state index < -0.39 is 20.4 Å². The molecule has 0 bridgehead atoms. The predicted octanol–water partition coefficient (Wildman–Crippen LogP) is 4.33. The van der Waals surface area contributed by atoms with Crippen LogP contribution in [0.2, 0.25) is 0 Å². The number of hydrogen-bond donors (Lipinski definition) is 0. The fourth-order valence-corrected chi connectivity index (χ4v) is 10.8. The van der Waals surface area contributed by atoms with Crippen molar-refractivity contribution in [3.63, 3.8) is 0 Å². The van der Waals surface area contributed by atoms with Gasteiger partial charge in [0.15, 0.2) is 9.84 Å². The van der Waals surface area contributed by atoms with E-state index in [1.54, 1.807) is 38.1 Å². The lowest BCUT2D eigenvalue weighted by Crippen LogP contribution is -2.39. The summed E-state index contributed by atoms with van der Waals surface area (Å²) in [5.41, 5.74) is 0. The standard InChI is InChI=1S/C21H21O2PS2/c1-21(2,26(22,23)20-16-10-5-11-17-20)24(25,18-12-6-3-7-13-18)19-14-8-4-9-15-19/h3-17H,1-2H3. The average molecular weight is 401 g/mol. The van der Waals surface area contributed by atoms with Gasteiger partial charge in [0.25, 0.3) is 0 Å². The van der Waals surface area contributed by atoms with Gasteiger partial charge in [0.2, 0.25) is 0 Å². The fraction of sp³-hybridized carbons (Fsp3) is 0.143. The number of hydrogen-bond acceptors (Lipinski definition) is 3. The summed E-state index contributed by atoms with van der Waals surface area (Å²) in [6.07, 6.45) is 0. The number of sulfone groups is 1. The molecule has 0 fully saturated rings. The van der Waals surface area contributed by atoms with E-state index in [4.69, 9.17) is 11.8 Å². The van der Waals surface area contributed by atoms with E-state index in [0.29, 0.717) is 4.90 Å². The monoisotopic (exact) mass is 400 g/mol. The molecular weight excluding hydrogens is 379 g/mol. The van der Waals surface area contributed by atoms with Gasteiger partial charge >= 0.3 is 0 Å². The minimum Gasteiger partial charge on any atom is -0.223 e. The SMILES string of the molecule is CC(C)(P(=S)(c1ccccc1)c1ccccc1)S(=O)(=O)c1ccccc1. The Balaban J connectivity index is 2.31. The minimum atomic E-state index is -3.65. The van der Waals surface area contributed by atoms with Gasteiger partial charge in [-0.1, -0.05) is 90.7 Å². The van der Waals surface area contributed by atoms with Crippen molar-refractivity contribution in [2.75, 3.05) is 0 Å². The van der Waals surface area contributed by atoms with Crippen LogP contribution in [-0.2, 0) is 21.6 Å². The number of rotatable bonds is 5. The highest BCUT2D eigenvalue weighted by atomic mass is 32.4. The van der Waals surface area contributed by atoms with Crippen LogP contribution in [0.15, 0.2) is 95.9 Å². The van der Waals surface area contributed by atoms with Crippen LogP contribution in [-0.4, -0.2) is 12.9 Å². The maximum absolute atomic E-state index is 13.6. The first kappa shape index (κ1) is 19.0. The highest BCUT2D eigenvalue weighted by Gasteiger charge is 2.49. The Kier molecular flexibility index (Phi) is 5.21. The fourth-order valence-electron chi connectivity index (χ4n) is 3.10. The first-order valence-electron chi connectivity index (χ1n) is 8.33. The lowest BCUT2D eigenvalue weighted by atomic mass is 10.4. The maximum atomic E-state index is 13.6. The molecule has 0 spiro atoms. The van der Waals surface area contributed by atoms with Gasteiger partial charge in [0, 0.05) is 6.04 Å². The molecule has 0 saturated heterocycles. The van der Waals surface area contributed by atoms with E-state index >= 15 is 0 Å². The molecule has 0 saturated carbocycles. The zero-order chi connectivity index (χ0) is 18.8. The molecule has 3 aromatic rings. The molecule has 5 heteroatoms. The molecule has 134 valence electrons. The van der Waals surface area contributed by atoms with Crippen LogP contribution in [0.4, 0.5) is 0 Å². The first-order chi connectivity index (χ1) is 12.3. The largest absolute Gasteiger partial charge is 0.223 e. The van der Waals surface area contributed by atoms with Crippen molar-refractivity contribution in [3.8, 4) is 0 Å². The van der Waals surface area contributed by atoms with Crippen molar-refractivity contribution >= 4 is 38.3 Å². The van der Waals surface area contributed by atoms with Gasteiger partial charge < -0.3 is 0 Å². The van der Waals surface area contributed by atoms with Gasteiger partial charge in [-0.3, -0.25) is 0 Å². The van der Waals surface area contributed by atoms with Crippen molar-refractivity contribution in [2.45, 2.75) is 23.2 Å². The summed E-state index contributed by atoms with van der Waals surface area (Å²) in [6, 6.07) is 25.3. The Bertz CT molecular complexity index is 986. The lowest BCUT2D eigenvalue weighted by Gasteiger charge is -2.38. The molecule has 0 unspecified atom stereocenters. The van der Waals surface area contributed by atoms with Crippen LogP contribution >= 0.6 is 6.04 Å². The van der Waals surface area contributed by atoms with Crippen molar-refractivity contribution in [1.82, 2.24) is 0 Å². The van der Waals surface area contributed by atoms with Crippen molar-refractivity contribution in [1.29, 1.82) is 0 Å². The summed E-state index contributed by atoms with van der Waals surface area (Å²) in [4.78, 5) is 0.311. The Labute approximate surface area is 160 Å². The second-order valence-electron chi connectivity index (χ2n) is 6.54. The van der Waals surface area contributed by atoms with Crippen LogP contribution in [0.3, 0.4) is 0 Å². The van der Waals surface area contributed by atoms with E-state index in [1.165, 1.54) is 0 Å². The Morgan fingerprint density at radius 1 is 0.692 bits per heavy atom. The predicted molar refractivity (Wildman–Crippen MR) is 114 cm³/mol. The second-order valence-corrected chi connectivity index (χ2v) is 14.4. The summed E-state index contributed by atoms with van der Waals surface area (Å²) in [7, 11) is -3.65. The third kappa shape index (κ3) is 2.96. The van der Waals surface area contributed by atoms with Gasteiger partial charge in [-0.25, -0.2) is 8.42 Å². The molecule has 0 atom stereocenters. The van der Waals surface area contributed by atoms with Crippen LogP contribution in [0, 0.1) is 0 Å². The summed E-state index contributed by atoms with van der Waals surface area (Å²) in [5, 5.41) is 1.82. The molecule has 3 aromatic carbocycles. The van der Waals surface area contributed by atoms with E-state index in [2.05, 4.69) is 0 Å². The zero-order valence-corrected chi connectivity index (χ0v) is 17.3. The van der Waals surface area contributed by atoms with Gasteiger partial charge in [0.05, 0.1) is 4.90 Å². The maximum Gasteiger partial charge on any atom is 0.188 e. The van der Waals surface area contributed by atoms with Crippen molar-refractivity contribution in [2.24, 2.45) is 0 Å². The molecule has 0 aliphatic heterocycles. The molecule has 26 heavy (non-hydrogen) atoms. The lowest BCUT2D eigenvalue weighted by molar-refractivity contribution is 0.581. The van der Waals surface area contributed by atoms with Crippen LogP contribution in [0.1, 0.15) is 13.8 Å². The topological polar surface area (TPSA) is 34.1 Å². The summed E-state index contributed by atoms with van der Waals surface area (Å²) in [6.45, 7) is 3.55. The van der Waals surface area contributed by atoms with Crippen LogP contribution < -0.4 is 10.6 Å². The van der Waals surface area contributed by atoms with E-state index in [9.17, 15) is 8.42 Å². The molecule has 0 aliphatic rings. The molecule has 3 rings (SSSR count). The van der Waals surface area contributed by atoms with E-state index in [0.717, 1.165) is 10.6 Å². The van der Waals surface area contributed by atoms with Crippen molar-refractivity contribution in [3.05, 3.63) is 91.0 Å². The summed E-state index contributed by atoms with van der Waals surface area (Å²) >= 11 is 6.25. The highest BCUT2D eigenvalue weighted by Crippen LogP contribution is 2.59. The zero-order valence-electron chi connectivity index (χ0n) is 14.7. The molecule has 0 aromatic heterocycles. The van der Waals surface area contributed by atoms with Crippen LogP contribution in [0.25, 0.3) is 0 Å². The Morgan fingerprint density at radius 2 is 1.04 bits per heavy atom. The highest BCUT2D eigenvalue weighted by molar-refractivity contribution is 8.27. The Hall–Kier alpha value is -1.74. The van der Waals surface area contributed by atoms with E-state index in [-0.39, 0.29) is 0 Å². The van der Waals surface area contributed by atoms with Gasteiger partial charge in [-0.05, 0) is 36.6 Å². The van der Waals surface area contributed by atoms with Gasteiger partial charge in [0.1, 0.15) is 4.49 Å². The van der Waals surface area contributed by atoms with Crippen LogP contribution in [0.5, 0.6) is 0 Å². The van der Waals surface area contributed by atoms with E-state index in [1.807, 2.05) is 66.7 Å². The summed E-state index contributed by atoms with van der Waals surface area (Å²) in [5.74, 6) is 0. The summed E-state index contributed by atoms with van der Waals surface area (Å²) < 4.78 is 26.1. The molecule has 0 amide bonds. The molecule has 2 nitrogen and oxygen atoms in total. The first-order valence-corrected chi connectivity index (χ1v) is 12.6. The molecule has 0 N–H and O–H groups in total. The second kappa shape index (κ2) is 7.11. The van der Waals surface area contributed by atoms with Gasteiger partial charge in [-0.15, -0.1) is 0 Å². The molecule has 0 heterocycles. The quantitative estimate of drug-likeness (QED) is 0.598. The molecule has 0 radical (unpaired) electrons. The van der Waals surface area contributed by atoms with Crippen molar-refractivity contribution < 1.29 is 8.42 Å². The number of benzene rings is 3. The average Bonchev–Trinajstić information content (AvgIpc) is 2.69. The normalized spacial score (nSPS) is 12.7. The Morgan fingerprint density at radius 3 is 1.42 bits per heavy atom. The third-order valence-electron chi connectivity index (χ3n) is 4.71. The minimum absolute atomic E-state index is 0.311. The molecule has 0 aliphatic carbocycles. The smallest absolute Gasteiger partial charge is 0.188 e. The molecular formula is C21H21O2PS2. The van der Waals surface area contributed by atoms with Gasteiger partial charge in [-0.2, -0.15) is 0 Å². The third-order valence-corrected chi connectivity index (χ3v) is 15.0.